The van der Waals surface area contributed by atoms with Gasteiger partial charge in [0.25, 0.3) is 5.91 Å². The van der Waals surface area contributed by atoms with Crippen molar-refractivity contribution in [3.63, 3.8) is 0 Å². The van der Waals surface area contributed by atoms with E-state index in [0.29, 0.717) is 30.0 Å². The lowest BCUT2D eigenvalue weighted by Crippen LogP contribution is -2.33. The van der Waals surface area contributed by atoms with Crippen LogP contribution in [-0.2, 0) is 14.8 Å². The molecule has 9 heteroatoms. The molecule has 2 aromatic carbocycles. The summed E-state index contributed by atoms with van der Waals surface area (Å²) in [7, 11) is -3.53. The van der Waals surface area contributed by atoms with E-state index in [1.165, 1.54) is 4.31 Å². The summed E-state index contributed by atoms with van der Waals surface area (Å²) in [5, 5.41) is 8.81. The van der Waals surface area contributed by atoms with Crippen LogP contribution in [0.2, 0.25) is 0 Å². The molecule has 2 aliphatic rings. The molecular formula is C24H30N4O4S. The molecule has 0 aromatic heterocycles. The Hall–Kier alpha value is -2.91. The van der Waals surface area contributed by atoms with Crippen LogP contribution in [0.1, 0.15) is 48.9 Å². The lowest BCUT2D eigenvalue weighted by Gasteiger charge is -2.17. The highest BCUT2D eigenvalue weighted by Gasteiger charge is 2.27. The van der Waals surface area contributed by atoms with Crippen LogP contribution in [0.5, 0.6) is 0 Å². The van der Waals surface area contributed by atoms with Gasteiger partial charge < -0.3 is 16.0 Å². The van der Waals surface area contributed by atoms with Crippen molar-refractivity contribution < 1.29 is 18.0 Å². The van der Waals surface area contributed by atoms with Crippen molar-refractivity contribution >= 4 is 33.2 Å². The summed E-state index contributed by atoms with van der Waals surface area (Å²) in [5.41, 5.74) is 1.42. The molecule has 1 saturated carbocycles. The van der Waals surface area contributed by atoms with Gasteiger partial charge in [0.15, 0.2) is 0 Å². The van der Waals surface area contributed by atoms with Gasteiger partial charge in [-0.05, 0) is 56.0 Å². The van der Waals surface area contributed by atoms with E-state index < -0.39 is 10.0 Å². The van der Waals surface area contributed by atoms with E-state index in [1.807, 2.05) is 0 Å². The first-order chi connectivity index (χ1) is 15.9. The Kier molecular flexibility index (Phi) is 7.29. The van der Waals surface area contributed by atoms with Gasteiger partial charge in [0, 0.05) is 24.8 Å². The van der Waals surface area contributed by atoms with Gasteiger partial charge in [-0.1, -0.05) is 31.0 Å². The Morgan fingerprint density at radius 3 is 2.42 bits per heavy atom. The third-order valence-corrected chi connectivity index (χ3v) is 8.02. The zero-order chi connectivity index (χ0) is 23.3. The fraction of sp³-hybridized carbons (Fsp3) is 0.417. The molecule has 8 nitrogen and oxygen atoms in total. The first-order valence-corrected chi connectivity index (χ1v) is 12.9. The third-order valence-electron chi connectivity index (χ3n) is 6.13. The molecule has 176 valence electrons. The Labute approximate surface area is 194 Å². The van der Waals surface area contributed by atoms with Crippen molar-refractivity contribution in [2.45, 2.75) is 49.5 Å². The normalized spacial score (nSPS) is 17.1. The van der Waals surface area contributed by atoms with Crippen molar-refractivity contribution in [3.05, 3.63) is 54.1 Å². The Morgan fingerprint density at radius 2 is 1.67 bits per heavy atom. The number of sulfonamides is 1. The number of nitrogens with one attached hydrogen (secondary N) is 3. The van der Waals surface area contributed by atoms with Crippen LogP contribution in [-0.4, -0.2) is 50.2 Å². The summed E-state index contributed by atoms with van der Waals surface area (Å²) < 4.78 is 27.0. The molecule has 1 aliphatic heterocycles. The predicted octanol–water partition coefficient (Wildman–Crippen LogP) is 3.19. The molecule has 0 bridgehead atoms. The summed E-state index contributed by atoms with van der Waals surface area (Å²) in [4.78, 5) is 25.5. The summed E-state index contributed by atoms with van der Waals surface area (Å²) in [5.74, 6) is -0.519. The predicted molar refractivity (Wildman–Crippen MR) is 128 cm³/mol. The molecular weight excluding hydrogens is 440 g/mol. The second-order valence-corrected chi connectivity index (χ2v) is 10.5. The molecule has 0 spiro atoms. The van der Waals surface area contributed by atoms with E-state index in [0.717, 1.165) is 38.5 Å². The van der Waals surface area contributed by atoms with E-state index in [9.17, 15) is 18.0 Å². The van der Waals surface area contributed by atoms with E-state index >= 15 is 0 Å². The third kappa shape index (κ3) is 5.72. The van der Waals surface area contributed by atoms with Crippen LogP contribution in [0.25, 0.3) is 0 Å². The van der Waals surface area contributed by atoms with Crippen molar-refractivity contribution in [1.29, 1.82) is 0 Å². The Morgan fingerprint density at radius 1 is 0.939 bits per heavy atom. The maximum atomic E-state index is 12.8. The number of amides is 2. The van der Waals surface area contributed by atoms with Crippen LogP contribution in [0.3, 0.4) is 0 Å². The van der Waals surface area contributed by atoms with Crippen LogP contribution in [0, 0.1) is 0 Å². The molecule has 4 rings (SSSR count). The second kappa shape index (κ2) is 10.4. The topological polar surface area (TPSA) is 108 Å². The van der Waals surface area contributed by atoms with Gasteiger partial charge in [-0.25, -0.2) is 8.42 Å². The number of hydrogen-bond donors (Lipinski definition) is 3. The molecule has 3 N–H and O–H groups in total. The molecule has 1 saturated heterocycles. The minimum Gasteiger partial charge on any atom is -0.376 e. The number of carbonyl (C=O) groups is 2. The number of carbonyl (C=O) groups excluding carboxylic acids is 2. The average molecular weight is 471 g/mol. The number of benzene rings is 2. The van der Waals surface area contributed by atoms with Crippen molar-refractivity contribution in [2.24, 2.45) is 0 Å². The summed E-state index contributed by atoms with van der Waals surface area (Å²) in [6.07, 6.45) is 5.95. The number of para-hydroxylation sites is 1. The Balaban J connectivity index is 1.37. The van der Waals surface area contributed by atoms with E-state index in [1.54, 1.807) is 48.5 Å². The summed E-state index contributed by atoms with van der Waals surface area (Å²) in [6.45, 7) is 1.01. The monoisotopic (exact) mass is 470 g/mol. The van der Waals surface area contributed by atoms with Crippen LogP contribution >= 0.6 is 0 Å². The highest BCUT2D eigenvalue weighted by atomic mass is 32.2. The van der Waals surface area contributed by atoms with Crippen molar-refractivity contribution in [2.75, 3.05) is 30.3 Å². The van der Waals surface area contributed by atoms with Crippen LogP contribution in [0.4, 0.5) is 11.4 Å². The fourth-order valence-corrected chi connectivity index (χ4v) is 5.91. The zero-order valence-electron chi connectivity index (χ0n) is 18.5. The standard InChI is InChI=1S/C24H30N4O4S/c29-23(27-22-13-4-3-12-21(22)24(30)26-18-8-1-2-9-18)17-25-19-10-7-11-20(16-19)33(31,32)28-14-5-6-15-28/h3-4,7,10-13,16,18,25H,1-2,5-6,8-9,14-15,17H2,(H,26,30)(H,27,29). The largest absolute Gasteiger partial charge is 0.376 e. The fourth-order valence-electron chi connectivity index (χ4n) is 4.34. The molecule has 2 amide bonds. The molecule has 0 unspecified atom stereocenters. The van der Waals surface area contributed by atoms with Gasteiger partial charge in [-0.15, -0.1) is 0 Å². The average Bonchev–Trinajstić information content (AvgIpc) is 3.53. The minimum absolute atomic E-state index is 0.0637. The molecule has 2 fully saturated rings. The van der Waals surface area contributed by atoms with E-state index in [4.69, 9.17) is 0 Å². The summed E-state index contributed by atoms with van der Waals surface area (Å²) in [6, 6.07) is 13.6. The molecule has 33 heavy (non-hydrogen) atoms. The number of rotatable bonds is 8. The molecule has 0 atom stereocenters. The van der Waals surface area contributed by atoms with Gasteiger partial charge in [0.05, 0.1) is 22.7 Å². The van der Waals surface area contributed by atoms with Gasteiger partial charge in [-0.3, -0.25) is 9.59 Å². The second-order valence-electron chi connectivity index (χ2n) is 8.54. The molecule has 0 radical (unpaired) electrons. The summed E-state index contributed by atoms with van der Waals surface area (Å²) >= 11 is 0. The van der Waals surface area contributed by atoms with Gasteiger partial charge in [0.2, 0.25) is 15.9 Å². The highest BCUT2D eigenvalue weighted by molar-refractivity contribution is 7.89. The van der Waals surface area contributed by atoms with Crippen LogP contribution in [0.15, 0.2) is 53.4 Å². The molecule has 1 heterocycles. The van der Waals surface area contributed by atoms with Gasteiger partial charge in [-0.2, -0.15) is 4.31 Å². The lowest BCUT2D eigenvalue weighted by atomic mass is 10.1. The SMILES string of the molecule is O=C(CNc1cccc(S(=O)(=O)N2CCCC2)c1)Nc1ccccc1C(=O)NC1CCCC1. The molecule has 1 aliphatic carbocycles. The van der Waals surface area contributed by atoms with E-state index in [-0.39, 0.29) is 29.3 Å². The van der Waals surface area contributed by atoms with Gasteiger partial charge in [0.1, 0.15) is 0 Å². The number of hydrogen-bond acceptors (Lipinski definition) is 5. The maximum Gasteiger partial charge on any atom is 0.253 e. The quantitative estimate of drug-likeness (QED) is 0.549. The first kappa shape index (κ1) is 23.3. The zero-order valence-corrected chi connectivity index (χ0v) is 19.4. The Bertz CT molecular complexity index is 1110. The van der Waals surface area contributed by atoms with Crippen molar-refractivity contribution in [1.82, 2.24) is 9.62 Å². The van der Waals surface area contributed by atoms with Gasteiger partial charge >= 0.3 is 0 Å². The number of nitrogens with zero attached hydrogens (tertiary/aromatic N) is 1. The smallest absolute Gasteiger partial charge is 0.253 e. The first-order valence-electron chi connectivity index (χ1n) is 11.5. The maximum absolute atomic E-state index is 12.8. The van der Waals surface area contributed by atoms with Crippen LogP contribution < -0.4 is 16.0 Å². The highest BCUT2D eigenvalue weighted by Crippen LogP contribution is 2.23. The van der Waals surface area contributed by atoms with Crippen molar-refractivity contribution in [3.8, 4) is 0 Å². The lowest BCUT2D eigenvalue weighted by molar-refractivity contribution is -0.114. The minimum atomic E-state index is -3.53. The molecule has 2 aromatic rings. The number of anilines is 2. The van der Waals surface area contributed by atoms with E-state index in [2.05, 4.69) is 16.0 Å².